The van der Waals surface area contributed by atoms with Crippen molar-refractivity contribution in [3.05, 3.63) is 75.9 Å². The fourth-order valence-corrected chi connectivity index (χ4v) is 3.01. The number of benzene rings is 2. The van der Waals surface area contributed by atoms with Gasteiger partial charge in [-0.25, -0.2) is 5.43 Å². The molecule has 2 aromatic carbocycles. The number of fused-ring (bicyclic) bond motifs is 1. The number of hydrazine groups is 1. The molecule has 0 bridgehead atoms. The van der Waals surface area contributed by atoms with Gasteiger partial charge in [0.2, 0.25) is 0 Å². The molecule has 1 heterocycles. The number of nitrogens with zero attached hydrogens (tertiary/aromatic N) is 1. The minimum Gasteiger partial charge on any atom is -0.271 e. The monoisotopic (exact) mass is 317 g/mol. The first kappa shape index (κ1) is 14.3. The highest BCUT2D eigenvalue weighted by Gasteiger charge is 2.19. The second-order valence-electron chi connectivity index (χ2n) is 4.69. The van der Waals surface area contributed by atoms with Gasteiger partial charge in [-0.1, -0.05) is 47.5 Å². The molecule has 0 fully saturated rings. The molecule has 3 rings (SSSR count). The smallest absolute Gasteiger partial charge is 0.0740 e. The van der Waals surface area contributed by atoms with E-state index in [1.54, 1.807) is 18.3 Å². The van der Waals surface area contributed by atoms with Gasteiger partial charge in [0.05, 0.1) is 11.6 Å². The van der Waals surface area contributed by atoms with Crippen molar-refractivity contribution >= 4 is 34.1 Å². The summed E-state index contributed by atoms with van der Waals surface area (Å²) in [5, 5.41) is 2.22. The zero-order valence-corrected chi connectivity index (χ0v) is 12.6. The minimum absolute atomic E-state index is 0.294. The molecule has 3 N–H and O–H groups in total. The van der Waals surface area contributed by atoms with E-state index in [1.807, 2.05) is 36.4 Å². The van der Waals surface area contributed by atoms with Gasteiger partial charge in [0.15, 0.2) is 0 Å². The van der Waals surface area contributed by atoms with Crippen LogP contribution in [0.2, 0.25) is 10.0 Å². The van der Waals surface area contributed by atoms with E-state index in [0.717, 1.165) is 22.0 Å². The summed E-state index contributed by atoms with van der Waals surface area (Å²) in [6.45, 7) is 0. The summed E-state index contributed by atoms with van der Waals surface area (Å²) >= 11 is 12.6. The lowest BCUT2D eigenvalue weighted by atomic mass is 9.98. The van der Waals surface area contributed by atoms with Crippen molar-refractivity contribution in [3.8, 4) is 0 Å². The largest absolute Gasteiger partial charge is 0.271 e. The Morgan fingerprint density at radius 1 is 1.00 bits per heavy atom. The summed E-state index contributed by atoms with van der Waals surface area (Å²) in [5.41, 5.74) is 5.41. The first-order chi connectivity index (χ1) is 10.2. The number of halogens is 2. The lowest BCUT2D eigenvalue weighted by Crippen LogP contribution is -2.29. The van der Waals surface area contributed by atoms with Crippen LogP contribution < -0.4 is 11.3 Å². The predicted octanol–water partition coefficient (Wildman–Crippen LogP) is 4.09. The van der Waals surface area contributed by atoms with Gasteiger partial charge in [-0.15, -0.1) is 0 Å². The number of rotatable bonds is 3. The Bertz CT molecular complexity index is 769. The van der Waals surface area contributed by atoms with Gasteiger partial charge in [0, 0.05) is 27.2 Å². The highest BCUT2D eigenvalue weighted by molar-refractivity contribution is 6.36. The molecule has 1 aromatic heterocycles. The van der Waals surface area contributed by atoms with Gasteiger partial charge in [-0.05, 0) is 29.8 Å². The maximum Gasteiger partial charge on any atom is 0.0740 e. The van der Waals surface area contributed by atoms with E-state index in [-0.39, 0.29) is 6.04 Å². The molecular formula is C16H13Cl2N3. The van der Waals surface area contributed by atoms with E-state index in [4.69, 9.17) is 29.0 Å². The van der Waals surface area contributed by atoms with Gasteiger partial charge >= 0.3 is 0 Å². The summed E-state index contributed by atoms with van der Waals surface area (Å²) in [6.07, 6.45) is 1.76. The Labute approximate surface area is 132 Å². The van der Waals surface area contributed by atoms with Crippen LogP contribution >= 0.6 is 23.2 Å². The maximum atomic E-state index is 6.28. The number of hydrogen-bond donors (Lipinski definition) is 2. The van der Waals surface area contributed by atoms with Crippen molar-refractivity contribution in [3.63, 3.8) is 0 Å². The highest BCUT2D eigenvalue weighted by atomic mass is 35.5. The quantitative estimate of drug-likeness (QED) is 0.565. The van der Waals surface area contributed by atoms with E-state index >= 15 is 0 Å². The van der Waals surface area contributed by atoms with Crippen LogP contribution in [-0.2, 0) is 0 Å². The Hall–Kier alpha value is -1.65. The Balaban J connectivity index is 2.14. The molecule has 1 unspecified atom stereocenters. The molecule has 0 amide bonds. The summed E-state index contributed by atoms with van der Waals surface area (Å²) < 4.78 is 0. The molecule has 0 spiro atoms. The van der Waals surface area contributed by atoms with Gasteiger partial charge in [0.25, 0.3) is 0 Å². The van der Waals surface area contributed by atoms with E-state index in [2.05, 4.69) is 10.4 Å². The molecule has 0 saturated carbocycles. The maximum absolute atomic E-state index is 6.28. The average molecular weight is 318 g/mol. The molecule has 0 aliphatic rings. The molecule has 106 valence electrons. The lowest BCUT2D eigenvalue weighted by Gasteiger charge is -2.20. The topological polar surface area (TPSA) is 50.9 Å². The third-order valence-corrected chi connectivity index (χ3v) is 4.08. The van der Waals surface area contributed by atoms with Crippen LogP contribution in [0.1, 0.15) is 17.2 Å². The average Bonchev–Trinajstić information content (AvgIpc) is 2.50. The van der Waals surface area contributed by atoms with Crippen molar-refractivity contribution < 1.29 is 0 Å². The number of nitrogens with two attached hydrogens (primary N) is 1. The van der Waals surface area contributed by atoms with Crippen molar-refractivity contribution in [1.82, 2.24) is 10.4 Å². The molecule has 0 aliphatic carbocycles. The van der Waals surface area contributed by atoms with Crippen molar-refractivity contribution in [2.45, 2.75) is 6.04 Å². The molecule has 5 heteroatoms. The normalized spacial score (nSPS) is 12.5. The molecule has 1 atom stereocenters. The third-order valence-electron chi connectivity index (χ3n) is 3.42. The number of aromatic nitrogens is 1. The molecule has 0 aliphatic heterocycles. The second-order valence-corrected chi connectivity index (χ2v) is 5.50. The Morgan fingerprint density at radius 3 is 2.48 bits per heavy atom. The Kier molecular flexibility index (Phi) is 4.08. The molecule has 0 saturated heterocycles. The van der Waals surface area contributed by atoms with Crippen LogP contribution in [0.3, 0.4) is 0 Å². The van der Waals surface area contributed by atoms with E-state index in [1.165, 1.54) is 0 Å². The highest BCUT2D eigenvalue weighted by Crippen LogP contribution is 2.34. The van der Waals surface area contributed by atoms with Gasteiger partial charge < -0.3 is 0 Å². The molecular weight excluding hydrogens is 305 g/mol. The number of pyridine rings is 1. The summed E-state index contributed by atoms with van der Waals surface area (Å²) in [5.74, 6) is 5.73. The van der Waals surface area contributed by atoms with Crippen LogP contribution in [0, 0.1) is 0 Å². The summed E-state index contributed by atoms with van der Waals surface area (Å²) in [6, 6.07) is 15.0. The van der Waals surface area contributed by atoms with Gasteiger partial charge in [0.1, 0.15) is 0 Å². The summed E-state index contributed by atoms with van der Waals surface area (Å²) in [4.78, 5) is 4.36. The third kappa shape index (κ3) is 2.74. The van der Waals surface area contributed by atoms with Crippen molar-refractivity contribution in [1.29, 1.82) is 0 Å². The van der Waals surface area contributed by atoms with Crippen molar-refractivity contribution in [2.24, 2.45) is 5.84 Å². The zero-order chi connectivity index (χ0) is 14.8. The number of nitrogens with one attached hydrogen (secondary N) is 1. The number of hydrogen-bond acceptors (Lipinski definition) is 3. The van der Waals surface area contributed by atoms with Gasteiger partial charge in [-0.2, -0.15) is 0 Å². The van der Waals surface area contributed by atoms with Crippen LogP contribution in [0.4, 0.5) is 0 Å². The zero-order valence-electron chi connectivity index (χ0n) is 11.1. The van der Waals surface area contributed by atoms with Crippen LogP contribution in [0.15, 0.2) is 54.7 Å². The lowest BCUT2D eigenvalue weighted by molar-refractivity contribution is 0.638. The molecule has 21 heavy (non-hydrogen) atoms. The minimum atomic E-state index is -0.294. The van der Waals surface area contributed by atoms with Crippen LogP contribution in [-0.4, -0.2) is 4.98 Å². The van der Waals surface area contributed by atoms with Crippen molar-refractivity contribution in [2.75, 3.05) is 0 Å². The Morgan fingerprint density at radius 2 is 1.76 bits per heavy atom. The van der Waals surface area contributed by atoms with Crippen LogP contribution in [0.25, 0.3) is 10.9 Å². The fraction of sp³-hybridized carbons (Fsp3) is 0.0625. The SMILES string of the molecule is NNC(c1ccc2cccnc2c1)c1c(Cl)cccc1Cl. The van der Waals surface area contributed by atoms with E-state index in [9.17, 15) is 0 Å². The standard InChI is InChI=1S/C16H13Cl2N3/c17-12-4-1-5-13(18)15(12)16(21-19)11-7-6-10-3-2-8-20-14(10)9-11/h1-9,16,21H,19H2. The molecule has 3 nitrogen and oxygen atoms in total. The summed E-state index contributed by atoms with van der Waals surface area (Å²) in [7, 11) is 0. The predicted molar refractivity (Wildman–Crippen MR) is 87.4 cm³/mol. The van der Waals surface area contributed by atoms with E-state index < -0.39 is 0 Å². The molecule has 3 aromatic rings. The first-order valence-corrected chi connectivity index (χ1v) is 7.21. The van der Waals surface area contributed by atoms with Crippen LogP contribution in [0.5, 0.6) is 0 Å². The first-order valence-electron chi connectivity index (χ1n) is 6.45. The molecule has 0 radical (unpaired) electrons. The second kappa shape index (κ2) is 6.00. The van der Waals surface area contributed by atoms with E-state index in [0.29, 0.717) is 10.0 Å². The van der Waals surface area contributed by atoms with Gasteiger partial charge in [-0.3, -0.25) is 10.8 Å². The fourth-order valence-electron chi connectivity index (χ4n) is 2.40.